The molecule has 7 rings (SSSR count). The normalized spacial score (nSPS) is 17.2. The highest BCUT2D eigenvalue weighted by Gasteiger charge is 2.51. The van der Waals surface area contributed by atoms with Crippen LogP contribution in [0.4, 0.5) is 24.5 Å². The highest BCUT2D eigenvalue weighted by Crippen LogP contribution is 2.40. The van der Waals surface area contributed by atoms with Gasteiger partial charge in [-0.05, 0) is 98.3 Å². The number of benzene rings is 3. The number of aliphatic hydroxyl groups excluding tert-OH is 1. The van der Waals surface area contributed by atoms with Gasteiger partial charge in [0.15, 0.2) is 23.0 Å². The summed E-state index contributed by atoms with van der Waals surface area (Å²) in [4.78, 5) is 65.8. The Morgan fingerprint density at radius 2 is 1.60 bits per heavy atom. The number of nitrogens with one attached hydrogen (secondary N) is 2. The number of pyridine rings is 1. The topological polar surface area (TPSA) is 203 Å². The molecule has 2 aliphatic rings. The van der Waals surface area contributed by atoms with E-state index in [-0.39, 0.29) is 43.5 Å². The third kappa shape index (κ3) is 11.8. The predicted molar refractivity (Wildman–Crippen MR) is 264 cm³/mol. The van der Waals surface area contributed by atoms with Crippen molar-refractivity contribution in [1.29, 1.82) is 5.26 Å². The number of aromatic nitrogens is 2. The SMILES string of the molecule is Cc1ncoc1-c1ccc(CNC(=O)[C@@H]2C[C@@H](O)CN2C(=O)[C@@H](NC(=O)COCCCCOc2ccc(-c3ccc(N4C(=S)N(c5cnc(C#N)c(C(F)(F)F)c5)C(=O)C4(C)C)cc3)cc2)C(C)(C)C)cc1. The summed E-state index contributed by atoms with van der Waals surface area (Å²) in [6.45, 7) is 11.0. The molecule has 72 heavy (non-hydrogen) atoms. The van der Waals surface area contributed by atoms with Crippen molar-refractivity contribution in [3.8, 4) is 34.3 Å². The highest BCUT2D eigenvalue weighted by atomic mass is 32.1. The molecule has 0 radical (unpaired) electrons. The number of rotatable bonds is 17. The first-order valence-electron chi connectivity index (χ1n) is 23.2. The summed E-state index contributed by atoms with van der Waals surface area (Å²) in [6.07, 6.45) is -2.08. The van der Waals surface area contributed by atoms with Gasteiger partial charge in [0.1, 0.15) is 36.0 Å². The second kappa shape index (κ2) is 21.6. The zero-order chi connectivity index (χ0) is 52.1. The monoisotopic (exact) mass is 1010 g/mol. The van der Waals surface area contributed by atoms with Gasteiger partial charge in [-0.1, -0.05) is 69.3 Å². The van der Waals surface area contributed by atoms with Crippen LogP contribution in [0, 0.1) is 23.7 Å². The number of thiocarbonyl (C=S) groups is 1. The largest absolute Gasteiger partial charge is 0.494 e. The van der Waals surface area contributed by atoms with Gasteiger partial charge in [0, 0.05) is 37.4 Å². The van der Waals surface area contributed by atoms with Gasteiger partial charge in [-0.3, -0.25) is 24.1 Å². The van der Waals surface area contributed by atoms with Crippen LogP contribution in [0.3, 0.4) is 0 Å². The molecule has 0 bridgehead atoms. The van der Waals surface area contributed by atoms with Crippen LogP contribution in [-0.4, -0.2) is 98.8 Å². The maximum Gasteiger partial charge on any atom is 0.419 e. The number of unbranched alkanes of at least 4 members (excludes halogenated alkanes) is 1. The molecule has 4 amide bonds. The Morgan fingerprint density at radius 3 is 2.21 bits per heavy atom. The summed E-state index contributed by atoms with van der Waals surface area (Å²) in [6, 6.07) is 22.3. The molecule has 2 fully saturated rings. The average Bonchev–Trinajstić information content (AvgIpc) is 4.01. The summed E-state index contributed by atoms with van der Waals surface area (Å²) in [5, 5.41) is 25.4. The number of carbonyl (C=O) groups is 4. The molecule has 0 aliphatic carbocycles. The van der Waals surface area contributed by atoms with Crippen LogP contribution >= 0.6 is 12.2 Å². The van der Waals surface area contributed by atoms with Crippen molar-refractivity contribution in [1.82, 2.24) is 25.5 Å². The van der Waals surface area contributed by atoms with Gasteiger partial charge >= 0.3 is 6.18 Å². The molecule has 2 aliphatic heterocycles. The van der Waals surface area contributed by atoms with Crippen molar-refractivity contribution in [3.05, 3.63) is 114 Å². The lowest BCUT2D eigenvalue weighted by Gasteiger charge is -2.35. The molecule has 3 atom stereocenters. The number of likely N-dealkylation sites (tertiary alicyclic amines) is 1. The maximum atomic E-state index is 14.0. The van der Waals surface area contributed by atoms with E-state index >= 15 is 0 Å². The number of oxazole rings is 1. The van der Waals surface area contributed by atoms with Crippen LogP contribution < -0.4 is 25.2 Å². The number of aliphatic hydroxyl groups is 1. The molecular formula is C52H55F3N8O8S. The number of nitriles is 1. The lowest BCUT2D eigenvalue weighted by molar-refractivity contribution is -0.144. The minimum atomic E-state index is -4.87. The van der Waals surface area contributed by atoms with E-state index in [0.29, 0.717) is 42.7 Å². The van der Waals surface area contributed by atoms with E-state index in [1.54, 1.807) is 30.9 Å². The van der Waals surface area contributed by atoms with E-state index in [9.17, 15) is 37.5 Å². The second-order valence-corrected chi connectivity index (χ2v) is 19.5. The summed E-state index contributed by atoms with van der Waals surface area (Å²) in [5.74, 6) is -0.636. The smallest absolute Gasteiger partial charge is 0.419 e. The number of halogens is 3. The Balaban J connectivity index is 0.841. The summed E-state index contributed by atoms with van der Waals surface area (Å²) in [7, 11) is 0. The molecule has 2 saturated heterocycles. The Hall–Kier alpha value is -7.21. The molecular weight excluding hydrogens is 954 g/mol. The second-order valence-electron chi connectivity index (χ2n) is 19.1. The lowest BCUT2D eigenvalue weighted by Crippen LogP contribution is -2.58. The average molecular weight is 1010 g/mol. The number of hydrogen-bond donors (Lipinski definition) is 3. The number of carbonyl (C=O) groups excluding carboxylic acids is 4. The van der Waals surface area contributed by atoms with Gasteiger partial charge in [-0.15, -0.1) is 0 Å². The first-order chi connectivity index (χ1) is 34.1. The van der Waals surface area contributed by atoms with Crippen LogP contribution in [0.25, 0.3) is 22.5 Å². The predicted octanol–water partition coefficient (Wildman–Crippen LogP) is 7.50. The molecule has 16 nitrogen and oxygen atoms in total. The number of β-amino-alcohol motifs (C(OH)–C–C–N with tert-alkyl or cyclic N) is 1. The van der Waals surface area contributed by atoms with Crippen LogP contribution in [0.2, 0.25) is 0 Å². The zero-order valence-corrected chi connectivity index (χ0v) is 41.4. The first-order valence-corrected chi connectivity index (χ1v) is 23.6. The van der Waals surface area contributed by atoms with Crippen molar-refractivity contribution in [2.24, 2.45) is 5.41 Å². The standard InChI is InChI=1S/C52H55F3N8O8S/c1-31-44(71-30-59-31)35-11-9-32(10-12-35)26-58-46(66)42-24-38(64)28-61(42)47(67)45(50(2,3)4)60-43(65)29-69-21-7-8-22-70-39-19-15-34(16-20-39)33-13-17-36(18-14-33)63-49(72)62(48(68)51(63,5)6)37-23-40(52(53,54)55)41(25-56)57-27-37/h9-20,23,27,30,38,42,45,64H,7-8,21-22,24,26,28-29H2,1-6H3,(H,58,66)(H,60,65)/t38-,42+,45-/m1/s1. The van der Waals surface area contributed by atoms with Crippen LogP contribution in [0.1, 0.15) is 76.4 Å². The quantitative estimate of drug-likeness (QED) is 0.0611. The number of anilines is 2. The number of amides is 4. The van der Waals surface area contributed by atoms with E-state index < -0.39 is 70.2 Å². The molecule has 378 valence electrons. The van der Waals surface area contributed by atoms with E-state index in [4.69, 9.17) is 31.4 Å². The fraction of sp³-hybridized carbons (Fsp3) is 0.385. The zero-order valence-electron chi connectivity index (χ0n) is 40.6. The molecule has 3 aromatic carbocycles. The molecule has 3 N–H and O–H groups in total. The van der Waals surface area contributed by atoms with Crippen molar-refractivity contribution >= 4 is 52.3 Å². The molecule has 0 saturated carbocycles. The van der Waals surface area contributed by atoms with Crippen molar-refractivity contribution in [2.75, 3.05) is 36.2 Å². The summed E-state index contributed by atoms with van der Waals surface area (Å²) < 4.78 is 58.2. The van der Waals surface area contributed by atoms with Crippen molar-refractivity contribution < 1.29 is 51.3 Å². The van der Waals surface area contributed by atoms with E-state index in [1.165, 1.54) is 17.4 Å². The Morgan fingerprint density at radius 1 is 0.958 bits per heavy atom. The van der Waals surface area contributed by atoms with Crippen molar-refractivity contribution in [3.63, 3.8) is 0 Å². The Bertz CT molecular complexity index is 2840. The lowest BCUT2D eigenvalue weighted by atomic mass is 9.85. The van der Waals surface area contributed by atoms with Gasteiger partial charge in [-0.2, -0.15) is 18.4 Å². The third-order valence-electron chi connectivity index (χ3n) is 12.4. The Labute approximate surface area is 420 Å². The molecule has 2 aromatic heterocycles. The van der Waals surface area contributed by atoms with E-state index in [2.05, 4.69) is 20.6 Å². The molecule has 20 heteroatoms. The molecule has 5 aromatic rings. The molecule has 0 spiro atoms. The number of ether oxygens (including phenoxy) is 2. The van der Waals surface area contributed by atoms with E-state index in [0.717, 1.165) is 39.0 Å². The summed E-state index contributed by atoms with van der Waals surface area (Å²) >= 11 is 5.64. The number of nitrogens with zero attached hydrogens (tertiary/aromatic N) is 6. The van der Waals surface area contributed by atoms with Crippen LogP contribution in [0.15, 0.2) is 95.9 Å². The molecule has 0 unspecified atom stereocenters. The van der Waals surface area contributed by atoms with Gasteiger partial charge < -0.3 is 39.4 Å². The first kappa shape index (κ1) is 52.6. The minimum Gasteiger partial charge on any atom is -0.494 e. The number of hydrogen-bond acceptors (Lipinski definition) is 12. The Kier molecular flexibility index (Phi) is 15.8. The van der Waals surface area contributed by atoms with Crippen LogP contribution in [-0.2, 0) is 36.6 Å². The van der Waals surface area contributed by atoms with Gasteiger partial charge in [0.2, 0.25) is 17.7 Å². The van der Waals surface area contributed by atoms with Gasteiger partial charge in [0.25, 0.3) is 5.91 Å². The number of aryl methyl sites for hydroxylation is 1. The van der Waals surface area contributed by atoms with Crippen molar-refractivity contribution in [2.45, 2.75) is 97.3 Å². The van der Waals surface area contributed by atoms with Crippen LogP contribution in [0.5, 0.6) is 5.75 Å². The van der Waals surface area contributed by atoms with Gasteiger partial charge in [0.05, 0.1) is 35.9 Å². The minimum absolute atomic E-state index is 0.0387. The van der Waals surface area contributed by atoms with Gasteiger partial charge in [-0.25, -0.2) is 9.97 Å². The highest BCUT2D eigenvalue weighted by molar-refractivity contribution is 7.81. The number of alkyl halides is 3. The fourth-order valence-corrected chi connectivity index (χ4v) is 9.05. The maximum absolute atomic E-state index is 14.0. The third-order valence-corrected chi connectivity index (χ3v) is 12.8. The summed E-state index contributed by atoms with van der Waals surface area (Å²) in [5.41, 5.74) is 0.446. The molecule has 4 heterocycles. The van der Waals surface area contributed by atoms with E-state index in [1.807, 2.05) is 88.4 Å². The fourth-order valence-electron chi connectivity index (χ4n) is 8.53.